The third-order valence-corrected chi connectivity index (χ3v) is 16.0. The van der Waals surface area contributed by atoms with E-state index in [1.54, 1.807) is 0 Å². The van der Waals surface area contributed by atoms with Crippen molar-refractivity contribution in [3.63, 3.8) is 0 Å². The fourth-order valence-corrected chi connectivity index (χ4v) is 11.9. The van der Waals surface area contributed by atoms with Crippen LogP contribution < -0.4 is 0 Å². The van der Waals surface area contributed by atoms with E-state index >= 15 is 0 Å². The van der Waals surface area contributed by atoms with Crippen molar-refractivity contribution in [3.05, 3.63) is 313 Å². The first-order valence-electron chi connectivity index (χ1n) is 27.1. The fourth-order valence-electron chi connectivity index (χ4n) is 11.9. The second-order valence-corrected chi connectivity index (χ2v) is 20.6. The minimum absolute atomic E-state index is 0.129. The number of rotatable bonds is 10. The van der Waals surface area contributed by atoms with Gasteiger partial charge >= 0.3 is 0 Å². The van der Waals surface area contributed by atoms with E-state index in [1.807, 2.05) is 85.5 Å². The van der Waals surface area contributed by atoms with Crippen LogP contribution in [-0.4, -0.2) is 29.9 Å². The van der Waals surface area contributed by atoms with E-state index in [0.29, 0.717) is 11.6 Å². The summed E-state index contributed by atoms with van der Waals surface area (Å²) < 4.78 is 0. The van der Waals surface area contributed by atoms with E-state index in [4.69, 9.17) is 19.9 Å². The number of pyridine rings is 2. The van der Waals surface area contributed by atoms with E-state index in [9.17, 15) is 0 Å². The summed E-state index contributed by atoms with van der Waals surface area (Å²) in [7, 11) is 0. The van der Waals surface area contributed by atoms with Gasteiger partial charge in [-0.25, -0.2) is 19.9 Å². The molecule has 4 aromatic heterocycles. The highest BCUT2D eigenvalue weighted by Gasteiger charge is 2.41. The zero-order chi connectivity index (χ0) is 52.9. The Morgan fingerprint density at radius 1 is 0.188 bits per heavy atom. The Labute approximate surface area is 464 Å². The summed E-state index contributed by atoms with van der Waals surface area (Å²) in [5, 5.41) is 0. The van der Waals surface area contributed by atoms with Gasteiger partial charge in [0.05, 0.1) is 22.8 Å². The van der Waals surface area contributed by atoms with Gasteiger partial charge in [-0.05, 0) is 126 Å². The van der Waals surface area contributed by atoms with Crippen LogP contribution in [0.5, 0.6) is 0 Å². The number of hydrogen-bond donors (Lipinski definition) is 0. The minimum Gasteiger partial charge on any atom is -0.265 e. The summed E-state index contributed by atoms with van der Waals surface area (Å²) in [5.41, 5.74) is 27.2. The average Bonchev–Trinajstić information content (AvgIpc) is 3.68. The van der Waals surface area contributed by atoms with Crippen LogP contribution in [0.3, 0.4) is 0 Å². The Morgan fingerprint density at radius 3 is 0.787 bits per heavy atom. The third-order valence-electron chi connectivity index (χ3n) is 16.0. The molecule has 3 aliphatic rings. The summed E-state index contributed by atoms with van der Waals surface area (Å²) in [4.78, 5) is 28.9. The van der Waals surface area contributed by atoms with Crippen molar-refractivity contribution in [2.24, 2.45) is 0 Å². The Kier molecular flexibility index (Phi) is 11.6. The van der Waals surface area contributed by atoms with Crippen LogP contribution in [0, 0.1) is 0 Å². The van der Waals surface area contributed by atoms with E-state index in [1.165, 1.54) is 55.6 Å². The van der Waals surface area contributed by atoms with E-state index in [2.05, 4.69) is 204 Å². The first-order chi connectivity index (χ1) is 39.6. The molecule has 0 N–H and O–H groups in total. The van der Waals surface area contributed by atoms with Gasteiger partial charge in [-0.1, -0.05) is 206 Å². The molecule has 6 nitrogen and oxygen atoms in total. The van der Waals surface area contributed by atoms with Gasteiger partial charge in [-0.2, -0.15) is 0 Å². The van der Waals surface area contributed by atoms with Crippen LogP contribution in [0.25, 0.3) is 112 Å². The molecule has 0 aliphatic heterocycles. The van der Waals surface area contributed by atoms with Gasteiger partial charge in [0, 0.05) is 70.0 Å². The summed E-state index contributed by atoms with van der Waals surface area (Å²) >= 11 is 0. The molecule has 80 heavy (non-hydrogen) atoms. The topological polar surface area (TPSA) is 77.3 Å². The van der Waals surface area contributed by atoms with Crippen LogP contribution in [-0.2, 0) is 0 Å². The highest BCUT2D eigenvalue weighted by atomic mass is 14.9. The predicted molar refractivity (Wildman–Crippen MR) is 322 cm³/mol. The molecule has 2 bridgehead atoms. The second kappa shape index (κ2) is 19.8. The lowest BCUT2D eigenvalue weighted by molar-refractivity contribution is 0.755. The minimum atomic E-state index is 0.129. The van der Waals surface area contributed by atoms with Crippen molar-refractivity contribution in [2.45, 2.75) is 11.8 Å². The molecule has 2 unspecified atom stereocenters. The number of aromatic nitrogens is 6. The molecule has 0 saturated heterocycles. The molecule has 3 aliphatic carbocycles. The Hall–Kier alpha value is -10.6. The van der Waals surface area contributed by atoms with E-state index < -0.39 is 0 Å². The highest BCUT2D eigenvalue weighted by Crippen LogP contribution is 2.57. The molecule has 0 amide bonds. The molecule has 0 radical (unpaired) electrons. The van der Waals surface area contributed by atoms with Crippen molar-refractivity contribution in [1.82, 2.24) is 29.9 Å². The van der Waals surface area contributed by atoms with Crippen LogP contribution >= 0.6 is 0 Å². The third kappa shape index (κ3) is 8.56. The van der Waals surface area contributed by atoms with Crippen molar-refractivity contribution < 1.29 is 0 Å². The van der Waals surface area contributed by atoms with Crippen LogP contribution in [0.15, 0.2) is 280 Å². The maximum Gasteiger partial charge on any atom is 0.160 e. The molecular formula is C74H48N6. The van der Waals surface area contributed by atoms with Gasteiger partial charge in [-0.15, -0.1) is 0 Å². The quantitative estimate of drug-likeness (QED) is 0.136. The first-order valence-corrected chi connectivity index (χ1v) is 27.1. The molecule has 13 aromatic rings. The second-order valence-electron chi connectivity index (χ2n) is 20.6. The van der Waals surface area contributed by atoms with E-state index in [-0.39, 0.29) is 11.8 Å². The first kappa shape index (κ1) is 46.7. The van der Waals surface area contributed by atoms with Crippen molar-refractivity contribution in [1.29, 1.82) is 0 Å². The molecule has 2 atom stereocenters. The van der Waals surface area contributed by atoms with Gasteiger partial charge in [0.25, 0.3) is 0 Å². The Balaban J connectivity index is 0.727. The number of hydrogen-bond acceptors (Lipinski definition) is 6. The molecule has 0 saturated carbocycles. The molecule has 4 heterocycles. The predicted octanol–water partition coefficient (Wildman–Crippen LogP) is 17.7. The van der Waals surface area contributed by atoms with Gasteiger partial charge in [0.15, 0.2) is 11.6 Å². The fraction of sp³-hybridized carbons (Fsp3) is 0.0270. The van der Waals surface area contributed by atoms with Crippen molar-refractivity contribution >= 4 is 0 Å². The van der Waals surface area contributed by atoms with Gasteiger partial charge in [-0.3, -0.25) is 9.97 Å². The highest BCUT2D eigenvalue weighted by molar-refractivity contribution is 5.81. The number of nitrogens with zero attached hydrogens (tertiary/aromatic N) is 6. The SMILES string of the molecule is c1ccc(-c2nc(-c3ccc(-c4ccncc4)cc3)cc(-c3ccc(-c4ccc5c(c4)C4c6ccccc6C5c5cc(-c6ccc(-c7cc(-c8ccc(-c9ccncc9)cc8)nc(-c8ccccc8)n7)cc6)ccc54)cc3)n2)cc1. The standard InChI is InChI=1S/C74H48N6/c1-3-9-57(10-4-1)73-77-67(53-23-15-47(16-24-53)51-35-39-75-40-36-51)45-69(79-73)55-27-19-49(20-28-55)59-31-33-63-65(43-59)71-61-13-7-8-14-62(61)72(63)66-44-60(32-34-64(66)71)50-21-29-56(30-22-50)70-46-68(78-74(80-70)58-11-5-2-6-12-58)54-25-17-48(18-26-54)52-37-41-76-42-38-52/h1-46,71-72H. The maximum atomic E-state index is 5.14. The van der Waals surface area contributed by atoms with Gasteiger partial charge < -0.3 is 0 Å². The monoisotopic (exact) mass is 1020 g/mol. The molecule has 0 spiro atoms. The largest absolute Gasteiger partial charge is 0.265 e. The van der Waals surface area contributed by atoms with Crippen LogP contribution in [0.2, 0.25) is 0 Å². The van der Waals surface area contributed by atoms with Crippen LogP contribution in [0.4, 0.5) is 0 Å². The van der Waals surface area contributed by atoms with Crippen molar-refractivity contribution in [3.8, 4) is 112 Å². The summed E-state index contributed by atoms with van der Waals surface area (Å²) in [6.07, 6.45) is 7.30. The van der Waals surface area contributed by atoms with E-state index in [0.717, 1.165) is 78.4 Å². The van der Waals surface area contributed by atoms with Gasteiger partial charge in [0.1, 0.15) is 0 Å². The normalized spacial score (nSPS) is 13.8. The molecular weight excluding hydrogens is 973 g/mol. The Morgan fingerprint density at radius 2 is 0.450 bits per heavy atom. The smallest absolute Gasteiger partial charge is 0.160 e. The number of benzene rings is 9. The summed E-state index contributed by atoms with van der Waals surface area (Å²) in [6.45, 7) is 0. The molecule has 6 heteroatoms. The summed E-state index contributed by atoms with van der Waals surface area (Å²) in [5.74, 6) is 1.65. The lowest BCUT2D eigenvalue weighted by Gasteiger charge is -2.42. The average molecular weight is 1020 g/mol. The van der Waals surface area contributed by atoms with Gasteiger partial charge in [0.2, 0.25) is 0 Å². The lowest BCUT2D eigenvalue weighted by atomic mass is 9.60. The molecule has 9 aromatic carbocycles. The molecule has 374 valence electrons. The van der Waals surface area contributed by atoms with Crippen LogP contribution in [0.1, 0.15) is 45.2 Å². The van der Waals surface area contributed by atoms with Crippen molar-refractivity contribution in [2.75, 3.05) is 0 Å². The zero-order valence-corrected chi connectivity index (χ0v) is 43.4. The Bertz CT molecular complexity index is 4130. The zero-order valence-electron chi connectivity index (χ0n) is 43.4. The lowest BCUT2D eigenvalue weighted by Crippen LogP contribution is -2.27. The molecule has 0 fully saturated rings. The maximum absolute atomic E-state index is 5.14. The summed E-state index contributed by atoms with van der Waals surface area (Å²) in [6, 6.07) is 91.0. The molecule has 16 rings (SSSR count).